The lowest BCUT2D eigenvalue weighted by molar-refractivity contribution is -0.634. The summed E-state index contributed by atoms with van der Waals surface area (Å²) >= 11 is 0. The summed E-state index contributed by atoms with van der Waals surface area (Å²) in [4.78, 5) is 0. The molecule has 0 fully saturated rings. The van der Waals surface area contributed by atoms with E-state index in [2.05, 4.69) is 118 Å². The average Bonchev–Trinajstić information content (AvgIpc) is 2.95. The van der Waals surface area contributed by atoms with Crippen molar-refractivity contribution in [2.75, 3.05) is 0 Å². The fraction of sp³-hybridized carbons (Fsp3) is 0.269. The van der Waals surface area contributed by atoms with Crippen molar-refractivity contribution in [3.63, 3.8) is 0 Å². The van der Waals surface area contributed by atoms with Crippen molar-refractivity contribution in [2.45, 2.75) is 40.2 Å². The van der Waals surface area contributed by atoms with E-state index in [1.165, 1.54) is 44.7 Å². The molecule has 0 aliphatic heterocycles. The van der Waals surface area contributed by atoms with Crippen molar-refractivity contribution < 1.29 is 4.57 Å². The normalized spacial score (nSPS) is 11.9. The fourth-order valence-electron chi connectivity index (χ4n) is 4.13. The molecule has 4 aromatic rings. The first-order chi connectivity index (χ1) is 13.3. The third kappa shape index (κ3) is 3.03. The molecule has 0 saturated carbocycles. The second-order valence-corrected chi connectivity index (χ2v) is 8.78. The zero-order chi connectivity index (χ0) is 20.1. The van der Waals surface area contributed by atoms with Crippen molar-refractivity contribution in [3.8, 4) is 22.5 Å². The number of aromatic nitrogens is 2. The van der Waals surface area contributed by atoms with E-state index >= 15 is 0 Å². The Morgan fingerprint density at radius 2 is 1.50 bits per heavy atom. The Balaban J connectivity index is 2.06. The average molecular weight is 370 g/mol. The second-order valence-electron chi connectivity index (χ2n) is 8.78. The van der Waals surface area contributed by atoms with Crippen LogP contribution in [-0.4, -0.2) is 4.57 Å². The van der Waals surface area contributed by atoms with Gasteiger partial charge in [-0.15, -0.1) is 0 Å². The molecule has 28 heavy (non-hydrogen) atoms. The number of hydrogen-bond donors (Lipinski definition) is 0. The Morgan fingerprint density at radius 1 is 0.786 bits per heavy atom. The number of aryl methyl sites for hydroxylation is 3. The summed E-state index contributed by atoms with van der Waals surface area (Å²) in [6.45, 7) is 11.2. The highest BCUT2D eigenvalue weighted by Gasteiger charge is 2.33. The number of nitrogens with zero attached hydrogens (tertiary/aromatic N) is 2. The number of hydrogen-bond acceptors (Lipinski definition) is 0. The highest BCUT2D eigenvalue weighted by atomic mass is 15.2. The minimum absolute atomic E-state index is 0.0299. The molecule has 2 nitrogen and oxygen atoms in total. The fourth-order valence-corrected chi connectivity index (χ4v) is 4.13. The van der Waals surface area contributed by atoms with E-state index in [0.717, 1.165) is 0 Å². The lowest BCUT2D eigenvalue weighted by Gasteiger charge is -2.19. The van der Waals surface area contributed by atoms with Gasteiger partial charge in [0.2, 0.25) is 0 Å². The first kappa shape index (κ1) is 18.5. The van der Waals surface area contributed by atoms with Crippen molar-refractivity contribution >= 4 is 11.0 Å². The number of fused-ring (bicyclic) bond motifs is 1. The van der Waals surface area contributed by atoms with Crippen LogP contribution in [0.2, 0.25) is 0 Å². The van der Waals surface area contributed by atoms with Gasteiger partial charge in [-0.05, 0) is 75.1 Å². The molecule has 0 radical (unpaired) electrons. The van der Waals surface area contributed by atoms with E-state index in [0.29, 0.717) is 0 Å². The molecule has 0 saturated heterocycles. The van der Waals surface area contributed by atoms with Gasteiger partial charge >= 0.3 is 0 Å². The maximum absolute atomic E-state index is 2.49. The van der Waals surface area contributed by atoms with Gasteiger partial charge < -0.3 is 0 Å². The molecule has 142 valence electrons. The topological polar surface area (TPSA) is 8.81 Å². The van der Waals surface area contributed by atoms with Gasteiger partial charge in [0.25, 0.3) is 5.82 Å². The van der Waals surface area contributed by atoms with E-state index in [1.54, 1.807) is 0 Å². The summed E-state index contributed by atoms with van der Waals surface area (Å²) in [7, 11) is 2.18. The summed E-state index contributed by atoms with van der Waals surface area (Å²) in [5, 5.41) is 0. The van der Waals surface area contributed by atoms with Crippen molar-refractivity contribution in [3.05, 3.63) is 77.9 Å². The van der Waals surface area contributed by atoms with Gasteiger partial charge in [0.05, 0.1) is 12.6 Å². The van der Waals surface area contributed by atoms with Crippen LogP contribution >= 0.6 is 0 Å². The molecule has 0 aliphatic rings. The predicted molar refractivity (Wildman–Crippen MR) is 118 cm³/mol. The molecule has 0 aliphatic carbocycles. The molecule has 0 bridgehead atoms. The Morgan fingerprint density at radius 3 is 2.18 bits per heavy atom. The maximum atomic E-state index is 2.49. The first-order valence-electron chi connectivity index (χ1n) is 9.95. The SMILES string of the molecule is Cc1ccc2c(c1)n(C(C)(C)C)c(-c1cc(-c3ccccc3)ccc1C)[n+]2C. The van der Waals surface area contributed by atoms with Gasteiger partial charge in [-0.3, -0.25) is 0 Å². The zero-order valence-corrected chi connectivity index (χ0v) is 17.7. The van der Waals surface area contributed by atoms with E-state index in [-0.39, 0.29) is 5.54 Å². The zero-order valence-electron chi connectivity index (χ0n) is 17.7. The standard InChI is InChI=1S/C26H29N2/c1-18-12-15-23-24(16-18)28(26(3,4)5)25(27(23)6)22-17-21(14-13-19(22)2)20-10-8-7-9-11-20/h7-17H,1-6H3/q+1. The lowest BCUT2D eigenvalue weighted by atomic mass is 9.98. The monoisotopic (exact) mass is 369 g/mol. The summed E-state index contributed by atoms with van der Waals surface area (Å²) < 4.78 is 4.84. The second kappa shape index (κ2) is 6.63. The van der Waals surface area contributed by atoms with E-state index in [4.69, 9.17) is 0 Å². The largest absolute Gasteiger partial charge is 0.290 e. The van der Waals surface area contributed by atoms with Crippen LogP contribution in [0.15, 0.2) is 66.7 Å². The van der Waals surface area contributed by atoms with Gasteiger partial charge in [0.1, 0.15) is 5.54 Å². The molecule has 0 spiro atoms. The van der Waals surface area contributed by atoms with Gasteiger partial charge in [-0.25, -0.2) is 9.13 Å². The van der Waals surface area contributed by atoms with Crippen molar-refractivity contribution in [2.24, 2.45) is 7.05 Å². The quantitative estimate of drug-likeness (QED) is 0.374. The van der Waals surface area contributed by atoms with Crippen LogP contribution in [0.4, 0.5) is 0 Å². The minimum Gasteiger partial charge on any atom is -0.226 e. The molecular weight excluding hydrogens is 340 g/mol. The Kier molecular flexibility index (Phi) is 4.38. The Bertz CT molecular complexity index is 1160. The van der Waals surface area contributed by atoms with E-state index in [9.17, 15) is 0 Å². The summed E-state index contributed by atoms with van der Waals surface area (Å²) in [6.07, 6.45) is 0. The smallest absolute Gasteiger partial charge is 0.226 e. The highest BCUT2D eigenvalue weighted by Crippen LogP contribution is 2.34. The highest BCUT2D eigenvalue weighted by molar-refractivity contribution is 5.79. The number of rotatable bonds is 2. The Labute approximate surface area is 168 Å². The Hall–Kier alpha value is -2.87. The van der Waals surface area contributed by atoms with Crippen molar-refractivity contribution in [1.29, 1.82) is 0 Å². The molecule has 0 atom stereocenters. The van der Waals surface area contributed by atoms with Crippen LogP contribution in [0.25, 0.3) is 33.5 Å². The van der Waals surface area contributed by atoms with Crippen LogP contribution in [0, 0.1) is 13.8 Å². The third-order valence-electron chi connectivity index (χ3n) is 5.52. The van der Waals surface area contributed by atoms with Crippen molar-refractivity contribution in [1.82, 2.24) is 4.57 Å². The van der Waals surface area contributed by atoms with Gasteiger partial charge in [0.15, 0.2) is 11.0 Å². The van der Waals surface area contributed by atoms with E-state index < -0.39 is 0 Å². The predicted octanol–water partition coefficient (Wildman–Crippen LogP) is 6.17. The third-order valence-corrected chi connectivity index (χ3v) is 5.52. The van der Waals surface area contributed by atoms with E-state index in [1.807, 2.05) is 0 Å². The van der Waals surface area contributed by atoms with Crippen LogP contribution in [-0.2, 0) is 12.6 Å². The molecule has 0 amide bonds. The van der Waals surface area contributed by atoms with Gasteiger partial charge in [-0.1, -0.05) is 48.5 Å². The summed E-state index contributed by atoms with van der Waals surface area (Å²) in [5.41, 5.74) is 8.89. The molecule has 3 aromatic carbocycles. The van der Waals surface area contributed by atoms with Crippen LogP contribution < -0.4 is 4.57 Å². The number of imidazole rings is 1. The summed E-state index contributed by atoms with van der Waals surface area (Å²) in [5.74, 6) is 1.25. The molecule has 1 heterocycles. The lowest BCUT2D eigenvalue weighted by Crippen LogP contribution is -2.33. The molecule has 1 aromatic heterocycles. The number of benzene rings is 3. The van der Waals surface area contributed by atoms with Gasteiger partial charge in [-0.2, -0.15) is 0 Å². The molecule has 2 heteroatoms. The van der Waals surface area contributed by atoms with Crippen LogP contribution in [0.5, 0.6) is 0 Å². The summed E-state index contributed by atoms with van der Waals surface area (Å²) in [6, 6.07) is 24.2. The molecular formula is C26H29N2+. The van der Waals surface area contributed by atoms with Crippen LogP contribution in [0.1, 0.15) is 31.9 Å². The maximum Gasteiger partial charge on any atom is 0.290 e. The molecule has 4 rings (SSSR count). The van der Waals surface area contributed by atoms with Crippen LogP contribution in [0.3, 0.4) is 0 Å². The first-order valence-corrected chi connectivity index (χ1v) is 9.95. The minimum atomic E-state index is -0.0299. The molecule has 0 unspecified atom stereocenters. The van der Waals surface area contributed by atoms with Gasteiger partial charge in [0, 0.05) is 0 Å². The molecule has 0 N–H and O–H groups in total.